The predicted octanol–water partition coefficient (Wildman–Crippen LogP) is 4.78. The lowest BCUT2D eigenvalue weighted by Crippen LogP contribution is -2.45. The summed E-state index contributed by atoms with van der Waals surface area (Å²) >= 11 is 6.24. The first-order valence-corrected chi connectivity index (χ1v) is 10.7. The van der Waals surface area contributed by atoms with E-state index in [-0.39, 0.29) is 5.91 Å². The molecule has 8 heteroatoms. The highest BCUT2D eigenvalue weighted by molar-refractivity contribution is 6.33. The third-order valence-corrected chi connectivity index (χ3v) is 6.06. The quantitative estimate of drug-likeness (QED) is 0.597. The zero-order valence-corrected chi connectivity index (χ0v) is 18.2. The molecule has 0 saturated carbocycles. The number of carboxylic acids is 1. The number of aromatic nitrogens is 1. The van der Waals surface area contributed by atoms with Crippen molar-refractivity contribution in [2.75, 3.05) is 13.1 Å². The van der Waals surface area contributed by atoms with Crippen LogP contribution >= 0.6 is 11.6 Å². The second-order valence-corrected chi connectivity index (χ2v) is 8.27. The van der Waals surface area contributed by atoms with Gasteiger partial charge >= 0.3 is 5.97 Å². The van der Waals surface area contributed by atoms with Crippen molar-refractivity contribution in [2.24, 2.45) is 5.92 Å². The maximum absolute atomic E-state index is 13.4. The second kappa shape index (κ2) is 9.12. The molecule has 1 unspecified atom stereocenters. The van der Waals surface area contributed by atoms with Crippen LogP contribution in [0.5, 0.6) is 5.75 Å². The van der Waals surface area contributed by atoms with Gasteiger partial charge in [-0.25, -0.2) is 4.39 Å². The van der Waals surface area contributed by atoms with Gasteiger partial charge in [0, 0.05) is 36.3 Å². The van der Waals surface area contributed by atoms with Crippen molar-refractivity contribution in [1.82, 2.24) is 9.88 Å². The Hall–Kier alpha value is -3.19. The smallest absolute Gasteiger partial charge is 0.306 e. The zero-order chi connectivity index (χ0) is 22.8. The molecule has 1 saturated heterocycles. The van der Waals surface area contributed by atoms with Gasteiger partial charge < -0.3 is 14.7 Å². The van der Waals surface area contributed by atoms with Crippen LogP contribution in [0, 0.1) is 11.7 Å². The highest BCUT2D eigenvalue weighted by Crippen LogP contribution is 2.34. The highest BCUT2D eigenvalue weighted by Gasteiger charge is 2.29. The standard InChI is InChI=1S/C24H22ClFN2O4/c1-14(23(29)28-10-7-15(8-11-28)24(30)31)32-17-3-5-20-18(6-9-27-22(20)13-17)19-4-2-16(26)12-21(19)25/h2-6,9,12-15H,7-8,10-11H2,1H3,(H,30,31). The Morgan fingerprint density at radius 2 is 1.91 bits per heavy atom. The Morgan fingerprint density at radius 1 is 1.16 bits per heavy atom. The van der Waals surface area contributed by atoms with E-state index in [0.29, 0.717) is 47.8 Å². The van der Waals surface area contributed by atoms with Crippen molar-refractivity contribution in [1.29, 1.82) is 0 Å². The zero-order valence-electron chi connectivity index (χ0n) is 17.4. The van der Waals surface area contributed by atoms with Crippen LogP contribution in [0.3, 0.4) is 0 Å². The van der Waals surface area contributed by atoms with Gasteiger partial charge in [0.25, 0.3) is 5.91 Å². The van der Waals surface area contributed by atoms with E-state index in [2.05, 4.69) is 4.98 Å². The lowest BCUT2D eigenvalue weighted by Gasteiger charge is -2.32. The van der Waals surface area contributed by atoms with E-state index in [1.165, 1.54) is 12.1 Å². The minimum atomic E-state index is -0.814. The van der Waals surface area contributed by atoms with E-state index in [1.807, 2.05) is 12.1 Å². The summed E-state index contributed by atoms with van der Waals surface area (Å²) in [6, 6.07) is 11.4. The summed E-state index contributed by atoms with van der Waals surface area (Å²) < 4.78 is 19.3. The molecule has 1 aliphatic rings. The van der Waals surface area contributed by atoms with Gasteiger partial charge in [-0.15, -0.1) is 0 Å². The number of likely N-dealkylation sites (tertiary alicyclic amines) is 1. The average Bonchev–Trinajstić information content (AvgIpc) is 2.78. The molecule has 3 aromatic rings. The number of hydrogen-bond donors (Lipinski definition) is 1. The molecule has 1 amide bonds. The number of amides is 1. The van der Waals surface area contributed by atoms with Gasteiger partial charge in [-0.3, -0.25) is 14.6 Å². The van der Waals surface area contributed by atoms with Crippen molar-refractivity contribution >= 4 is 34.4 Å². The van der Waals surface area contributed by atoms with Gasteiger partial charge in [0.15, 0.2) is 6.10 Å². The van der Waals surface area contributed by atoms with Gasteiger partial charge in [-0.2, -0.15) is 0 Å². The van der Waals surface area contributed by atoms with Crippen LogP contribution in [0.15, 0.2) is 48.7 Å². The van der Waals surface area contributed by atoms with Crippen LogP contribution in [0.1, 0.15) is 19.8 Å². The number of aliphatic carboxylic acids is 1. The first kappa shape index (κ1) is 22.0. The fraction of sp³-hybridized carbons (Fsp3) is 0.292. The Labute approximate surface area is 189 Å². The largest absolute Gasteiger partial charge is 0.481 e. The molecule has 166 valence electrons. The molecule has 2 heterocycles. The molecule has 32 heavy (non-hydrogen) atoms. The van der Waals surface area contributed by atoms with Crippen molar-refractivity contribution in [3.63, 3.8) is 0 Å². The molecule has 0 aliphatic carbocycles. The normalized spacial score (nSPS) is 15.5. The Morgan fingerprint density at radius 3 is 2.59 bits per heavy atom. The van der Waals surface area contributed by atoms with E-state index in [4.69, 9.17) is 21.4 Å². The van der Waals surface area contributed by atoms with Crippen molar-refractivity contribution in [3.8, 4) is 16.9 Å². The van der Waals surface area contributed by atoms with E-state index in [0.717, 1.165) is 10.9 Å². The van der Waals surface area contributed by atoms with Gasteiger partial charge in [0.1, 0.15) is 11.6 Å². The molecule has 4 rings (SSSR count). The van der Waals surface area contributed by atoms with Crippen LogP contribution in [0.4, 0.5) is 4.39 Å². The molecule has 6 nitrogen and oxygen atoms in total. The fourth-order valence-electron chi connectivity index (χ4n) is 4.00. The number of pyridine rings is 1. The average molecular weight is 457 g/mol. The monoisotopic (exact) mass is 456 g/mol. The molecule has 1 aliphatic heterocycles. The van der Waals surface area contributed by atoms with Crippen LogP contribution in [-0.2, 0) is 9.59 Å². The molecular weight excluding hydrogens is 435 g/mol. The molecule has 0 radical (unpaired) electrons. The summed E-state index contributed by atoms with van der Waals surface area (Å²) in [5.41, 5.74) is 2.17. The Balaban J connectivity index is 1.51. The molecule has 0 spiro atoms. The minimum absolute atomic E-state index is 0.172. The van der Waals surface area contributed by atoms with Gasteiger partial charge in [-0.1, -0.05) is 11.6 Å². The van der Waals surface area contributed by atoms with Gasteiger partial charge in [-0.05, 0) is 61.7 Å². The van der Waals surface area contributed by atoms with Crippen LogP contribution in [0.2, 0.25) is 5.02 Å². The number of carboxylic acid groups (broad SMARTS) is 1. The first-order chi connectivity index (χ1) is 15.3. The summed E-state index contributed by atoms with van der Waals surface area (Å²) in [7, 11) is 0. The van der Waals surface area contributed by atoms with Crippen molar-refractivity contribution < 1.29 is 23.8 Å². The maximum Gasteiger partial charge on any atom is 0.306 e. The fourth-order valence-corrected chi connectivity index (χ4v) is 4.27. The molecule has 1 atom stereocenters. The number of fused-ring (bicyclic) bond motifs is 1. The Bertz CT molecular complexity index is 1180. The number of benzene rings is 2. The number of halogens is 2. The van der Waals surface area contributed by atoms with E-state index < -0.39 is 23.8 Å². The number of hydrogen-bond acceptors (Lipinski definition) is 4. The molecule has 0 bridgehead atoms. The SMILES string of the molecule is CC(Oc1ccc2c(-c3ccc(F)cc3Cl)ccnc2c1)C(=O)N1CCC(C(=O)O)CC1. The number of piperidine rings is 1. The van der Waals surface area contributed by atoms with Crippen LogP contribution in [0.25, 0.3) is 22.0 Å². The minimum Gasteiger partial charge on any atom is -0.481 e. The molecular formula is C24H22ClFN2O4. The lowest BCUT2D eigenvalue weighted by molar-refractivity contribution is -0.147. The topological polar surface area (TPSA) is 79.7 Å². The van der Waals surface area contributed by atoms with Gasteiger partial charge in [0.05, 0.1) is 16.5 Å². The van der Waals surface area contributed by atoms with E-state index in [9.17, 15) is 14.0 Å². The van der Waals surface area contributed by atoms with Gasteiger partial charge in [0.2, 0.25) is 0 Å². The number of carbonyl (C=O) groups excluding carboxylic acids is 1. The van der Waals surface area contributed by atoms with E-state index >= 15 is 0 Å². The number of nitrogens with zero attached hydrogens (tertiary/aromatic N) is 2. The van der Waals surface area contributed by atoms with Crippen LogP contribution in [-0.4, -0.2) is 46.1 Å². The highest BCUT2D eigenvalue weighted by atomic mass is 35.5. The summed E-state index contributed by atoms with van der Waals surface area (Å²) in [4.78, 5) is 29.9. The summed E-state index contributed by atoms with van der Waals surface area (Å²) in [5, 5.41) is 10.2. The molecule has 1 fully saturated rings. The molecule has 1 N–H and O–H groups in total. The summed E-state index contributed by atoms with van der Waals surface area (Å²) in [6.45, 7) is 2.49. The van der Waals surface area contributed by atoms with E-state index in [1.54, 1.807) is 36.2 Å². The number of ether oxygens (including phenoxy) is 1. The maximum atomic E-state index is 13.4. The van der Waals surface area contributed by atoms with Crippen molar-refractivity contribution in [3.05, 3.63) is 59.5 Å². The number of rotatable bonds is 5. The summed E-state index contributed by atoms with van der Waals surface area (Å²) in [6.07, 6.45) is 1.82. The van der Waals surface area contributed by atoms with Crippen molar-refractivity contribution in [2.45, 2.75) is 25.9 Å². The molecule has 2 aromatic carbocycles. The lowest BCUT2D eigenvalue weighted by atomic mass is 9.97. The predicted molar refractivity (Wildman–Crippen MR) is 119 cm³/mol. The first-order valence-electron chi connectivity index (χ1n) is 10.4. The third-order valence-electron chi connectivity index (χ3n) is 5.75. The summed E-state index contributed by atoms with van der Waals surface area (Å²) in [5.74, 6) is -1.29. The van der Waals surface area contributed by atoms with Crippen LogP contribution < -0.4 is 4.74 Å². The Kier molecular flexibility index (Phi) is 6.28. The number of carbonyl (C=O) groups is 2. The molecule has 1 aromatic heterocycles. The third kappa shape index (κ3) is 4.53. The second-order valence-electron chi connectivity index (χ2n) is 7.86.